The maximum absolute atomic E-state index is 12.1. The molecule has 0 aliphatic carbocycles. The SMILES string of the molecule is Cc1nc(CN2CCNCC2C(=O)N(C)C)no1. The number of piperazine rings is 1. The first-order valence-corrected chi connectivity index (χ1v) is 6.03. The van der Waals surface area contributed by atoms with Crippen molar-refractivity contribution in [2.75, 3.05) is 33.7 Å². The summed E-state index contributed by atoms with van der Waals surface area (Å²) in [5.74, 6) is 1.28. The summed E-state index contributed by atoms with van der Waals surface area (Å²) in [6, 6.07) is -0.160. The lowest BCUT2D eigenvalue weighted by Gasteiger charge is -2.35. The molecule has 2 rings (SSSR count). The molecular weight excluding hydrogens is 234 g/mol. The van der Waals surface area contributed by atoms with E-state index in [0.29, 0.717) is 24.8 Å². The number of hydrogen-bond acceptors (Lipinski definition) is 6. The zero-order chi connectivity index (χ0) is 13.1. The van der Waals surface area contributed by atoms with Gasteiger partial charge in [-0.05, 0) is 0 Å². The number of nitrogens with zero attached hydrogens (tertiary/aromatic N) is 4. The molecule has 1 aliphatic rings. The highest BCUT2D eigenvalue weighted by Crippen LogP contribution is 2.10. The second-order valence-electron chi connectivity index (χ2n) is 4.65. The van der Waals surface area contributed by atoms with E-state index < -0.39 is 0 Å². The van der Waals surface area contributed by atoms with Crippen molar-refractivity contribution in [1.82, 2.24) is 25.3 Å². The van der Waals surface area contributed by atoms with E-state index in [1.165, 1.54) is 0 Å². The predicted octanol–water partition coefficient (Wildman–Crippen LogP) is -0.760. The van der Waals surface area contributed by atoms with Crippen molar-refractivity contribution < 1.29 is 9.32 Å². The number of rotatable bonds is 3. The van der Waals surface area contributed by atoms with E-state index in [9.17, 15) is 4.79 Å². The van der Waals surface area contributed by atoms with E-state index >= 15 is 0 Å². The van der Waals surface area contributed by atoms with Gasteiger partial charge in [-0.2, -0.15) is 4.98 Å². The maximum Gasteiger partial charge on any atom is 0.240 e. The third-order valence-electron chi connectivity index (χ3n) is 2.99. The molecule has 7 nitrogen and oxygen atoms in total. The number of carbonyl (C=O) groups excluding carboxylic acids is 1. The molecule has 1 aromatic rings. The fourth-order valence-electron chi connectivity index (χ4n) is 2.06. The van der Waals surface area contributed by atoms with Gasteiger partial charge in [0.1, 0.15) is 6.04 Å². The average molecular weight is 253 g/mol. The van der Waals surface area contributed by atoms with E-state index in [1.807, 2.05) is 0 Å². The van der Waals surface area contributed by atoms with Gasteiger partial charge >= 0.3 is 0 Å². The number of amides is 1. The zero-order valence-electron chi connectivity index (χ0n) is 11.0. The third kappa shape index (κ3) is 2.85. The summed E-state index contributed by atoms with van der Waals surface area (Å²) in [7, 11) is 3.54. The van der Waals surface area contributed by atoms with Crippen LogP contribution < -0.4 is 5.32 Å². The minimum absolute atomic E-state index is 0.0995. The maximum atomic E-state index is 12.1. The normalized spacial score (nSPS) is 20.9. The minimum Gasteiger partial charge on any atom is -0.347 e. The molecule has 0 aromatic carbocycles. The summed E-state index contributed by atoms with van der Waals surface area (Å²) in [4.78, 5) is 20.0. The number of likely N-dealkylation sites (N-methyl/N-ethyl adjacent to an activating group) is 1. The van der Waals surface area contributed by atoms with Gasteiger partial charge in [-0.1, -0.05) is 5.16 Å². The summed E-state index contributed by atoms with van der Waals surface area (Å²) in [6.07, 6.45) is 0. The monoisotopic (exact) mass is 253 g/mol. The summed E-state index contributed by atoms with van der Waals surface area (Å²) >= 11 is 0. The number of aryl methyl sites for hydroxylation is 1. The van der Waals surface area contributed by atoms with Crippen molar-refractivity contribution >= 4 is 5.91 Å². The smallest absolute Gasteiger partial charge is 0.240 e. The van der Waals surface area contributed by atoms with E-state index in [0.717, 1.165) is 13.1 Å². The van der Waals surface area contributed by atoms with E-state index in [4.69, 9.17) is 4.52 Å². The van der Waals surface area contributed by atoms with E-state index in [-0.39, 0.29) is 11.9 Å². The highest BCUT2D eigenvalue weighted by Gasteiger charge is 2.30. The van der Waals surface area contributed by atoms with Crippen LogP contribution in [0, 0.1) is 6.92 Å². The van der Waals surface area contributed by atoms with E-state index in [2.05, 4.69) is 20.4 Å². The Hall–Kier alpha value is -1.47. The second-order valence-corrected chi connectivity index (χ2v) is 4.65. The topological polar surface area (TPSA) is 74.5 Å². The van der Waals surface area contributed by atoms with Crippen LogP contribution in [0.1, 0.15) is 11.7 Å². The molecule has 2 heterocycles. The first-order valence-electron chi connectivity index (χ1n) is 6.03. The molecule has 1 unspecified atom stereocenters. The first kappa shape index (κ1) is 13.0. The number of hydrogen-bond donors (Lipinski definition) is 1. The van der Waals surface area contributed by atoms with Gasteiger partial charge in [0.15, 0.2) is 5.82 Å². The van der Waals surface area contributed by atoms with Gasteiger partial charge in [0.25, 0.3) is 0 Å². The lowest BCUT2D eigenvalue weighted by Crippen LogP contribution is -2.57. The van der Waals surface area contributed by atoms with Crippen LogP contribution in [0.3, 0.4) is 0 Å². The third-order valence-corrected chi connectivity index (χ3v) is 2.99. The van der Waals surface area contributed by atoms with Gasteiger partial charge in [-0.15, -0.1) is 0 Å². The van der Waals surface area contributed by atoms with Crippen LogP contribution in [0.5, 0.6) is 0 Å². The van der Waals surface area contributed by atoms with Crippen molar-refractivity contribution in [3.8, 4) is 0 Å². The quantitative estimate of drug-likeness (QED) is 0.763. The van der Waals surface area contributed by atoms with Gasteiger partial charge in [0, 0.05) is 40.7 Å². The molecule has 1 atom stereocenters. The fraction of sp³-hybridized carbons (Fsp3) is 0.727. The molecule has 1 amide bonds. The number of nitrogens with one attached hydrogen (secondary N) is 1. The minimum atomic E-state index is -0.160. The Kier molecular flexibility index (Phi) is 3.93. The van der Waals surface area contributed by atoms with Crippen LogP contribution in [-0.4, -0.2) is 65.6 Å². The van der Waals surface area contributed by atoms with E-state index in [1.54, 1.807) is 25.9 Å². The summed E-state index contributed by atoms with van der Waals surface area (Å²) in [6.45, 7) is 4.64. The lowest BCUT2D eigenvalue weighted by atomic mass is 10.1. The molecule has 1 fully saturated rings. The van der Waals surface area contributed by atoms with Crippen LogP contribution in [0.25, 0.3) is 0 Å². The first-order chi connectivity index (χ1) is 8.58. The van der Waals surface area contributed by atoms with Crippen LogP contribution in [0.2, 0.25) is 0 Å². The highest BCUT2D eigenvalue weighted by atomic mass is 16.5. The summed E-state index contributed by atoms with van der Waals surface area (Å²) < 4.78 is 4.95. The highest BCUT2D eigenvalue weighted by molar-refractivity contribution is 5.81. The van der Waals surface area contributed by atoms with Gasteiger partial charge in [-0.25, -0.2) is 0 Å². The van der Waals surface area contributed by atoms with Crippen LogP contribution in [0.4, 0.5) is 0 Å². The molecule has 0 saturated carbocycles. The van der Waals surface area contributed by atoms with Crippen molar-refractivity contribution in [1.29, 1.82) is 0 Å². The fourth-order valence-corrected chi connectivity index (χ4v) is 2.06. The predicted molar refractivity (Wildman–Crippen MR) is 64.8 cm³/mol. The van der Waals surface area contributed by atoms with Gasteiger partial charge in [-0.3, -0.25) is 9.69 Å². The largest absolute Gasteiger partial charge is 0.347 e. The molecule has 1 saturated heterocycles. The Labute approximate surface area is 106 Å². The van der Waals surface area contributed by atoms with Crippen LogP contribution in [-0.2, 0) is 11.3 Å². The average Bonchev–Trinajstić information content (AvgIpc) is 2.74. The Morgan fingerprint density at radius 3 is 3.00 bits per heavy atom. The molecule has 0 radical (unpaired) electrons. The van der Waals surface area contributed by atoms with Crippen molar-refractivity contribution in [3.63, 3.8) is 0 Å². The summed E-state index contributed by atoms with van der Waals surface area (Å²) in [5.41, 5.74) is 0. The van der Waals surface area contributed by atoms with Gasteiger partial charge in [0.05, 0.1) is 6.54 Å². The molecular formula is C11H19N5O2. The molecule has 100 valence electrons. The van der Waals surface area contributed by atoms with Crippen molar-refractivity contribution in [3.05, 3.63) is 11.7 Å². The van der Waals surface area contributed by atoms with Crippen LogP contribution >= 0.6 is 0 Å². The van der Waals surface area contributed by atoms with Crippen molar-refractivity contribution in [2.45, 2.75) is 19.5 Å². The molecule has 7 heteroatoms. The van der Waals surface area contributed by atoms with Crippen LogP contribution in [0.15, 0.2) is 4.52 Å². The molecule has 1 N–H and O–H groups in total. The molecule has 1 aliphatic heterocycles. The number of aromatic nitrogens is 2. The standard InChI is InChI=1S/C11H19N5O2/c1-8-13-10(14-18-8)7-16-5-4-12-6-9(16)11(17)15(2)3/h9,12H,4-7H2,1-3H3. The Balaban J connectivity index is 2.06. The Morgan fingerprint density at radius 1 is 1.61 bits per heavy atom. The van der Waals surface area contributed by atoms with Gasteiger partial charge in [0.2, 0.25) is 11.8 Å². The molecule has 0 bridgehead atoms. The summed E-state index contributed by atoms with van der Waals surface area (Å²) in [5, 5.41) is 7.11. The molecule has 0 spiro atoms. The molecule has 18 heavy (non-hydrogen) atoms. The number of carbonyl (C=O) groups is 1. The molecule has 1 aromatic heterocycles. The Bertz CT molecular complexity index is 417. The van der Waals surface area contributed by atoms with Gasteiger partial charge < -0.3 is 14.7 Å². The van der Waals surface area contributed by atoms with Crippen molar-refractivity contribution in [2.24, 2.45) is 0 Å². The lowest BCUT2D eigenvalue weighted by molar-refractivity contribution is -0.135. The Morgan fingerprint density at radius 2 is 2.39 bits per heavy atom. The zero-order valence-corrected chi connectivity index (χ0v) is 11.0. The second kappa shape index (κ2) is 5.45.